The zero-order chi connectivity index (χ0) is 22.3. The Kier molecular flexibility index (Phi) is 6.69. The Morgan fingerprint density at radius 2 is 1.91 bits per heavy atom. The highest BCUT2D eigenvalue weighted by Crippen LogP contribution is 2.11. The number of aromatic nitrogens is 4. The lowest BCUT2D eigenvalue weighted by atomic mass is 10.1. The lowest BCUT2D eigenvalue weighted by Gasteiger charge is -2.18. The number of fused-ring (bicyclic) bond motifs is 1. The van der Waals surface area contributed by atoms with Crippen molar-refractivity contribution >= 4 is 17.9 Å². The molecule has 1 N–H and O–H groups in total. The minimum atomic E-state index is -0.0999. The van der Waals surface area contributed by atoms with Gasteiger partial charge in [-0.2, -0.15) is 0 Å². The number of nitrogens with one attached hydrogen (secondary N) is 1. The first kappa shape index (κ1) is 21.4. The maximum absolute atomic E-state index is 12.6. The Balaban J connectivity index is 1.31. The van der Waals surface area contributed by atoms with Gasteiger partial charge in [0.1, 0.15) is 11.6 Å². The van der Waals surface area contributed by atoms with E-state index in [1.165, 1.54) is 0 Å². The topological polar surface area (TPSA) is 93.0 Å². The molecule has 1 aliphatic rings. The zero-order valence-corrected chi connectivity index (χ0v) is 18.1. The monoisotopic (exact) mass is 430 g/mol. The Labute approximate surface area is 187 Å². The van der Waals surface area contributed by atoms with Gasteiger partial charge in [0.05, 0.1) is 5.69 Å². The Morgan fingerprint density at radius 1 is 1.06 bits per heavy atom. The van der Waals surface area contributed by atoms with Gasteiger partial charge in [-0.25, -0.2) is 0 Å². The lowest BCUT2D eigenvalue weighted by Crippen LogP contribution is -2.32. The van der Waals surface area contributed by atoms with E-state index in [9.17, 15) is 9.59 Å². The molecule has 1 aliphatic heterocycles. The summed E-state index contributed by atoms with van der Waals surface area (Å²) in [7, 11) is 0. The number of nitrogens with zero attached hydrogens (tertiary/aromatic N) is 5. The van der Waals surface area contributed by atoms with Gasteiger partial charge < -0.3 is 14.8 Å². The van der Waals surface area contributed by atoms with E-state index in [-0.39, 0.29) is 11.8 Å². The second-order valence-corrected chi connectivity index (χ2v) is 7.72. The van der Waals surface area contributed by atoms with Crippen LogP contribution < -0.4 is 5.32 Å². The van der Waals surface area contributed by atoms with Crippen molar-refractivity contribution in [3.05, 3.63) is 83.2 Å². The first-order valence-electron chi connectivity index (χ1n) is 10.7. The van der Waals surface area contributed by atoms with Crippen molar-refractivity contribution in [1.29, 1.82) is 0 Å². The van der Waals surface area contributed by atoms with Gasteiger partial charge in [0, 0.05) is 56.9 Å². The van der Waals surface area contributed by atoms with Crippen molar-refractivity contribution < 1.29 is 9.59 Å². The van der Waals surface area contributed by atoms with Crippen LogP contribution in [-0.2, 0) is 24.2 Å². The maximum atomic E-state index is 12.6. The number of amides is 2. The van der Waals surface area contributed by atoms with Gasteiger partial charge in [-0.15, -0.1) is 10.2 Å². The minimum absolute atomic E-state index is 0.0405. The molecule has 32 heavy (non-hydrogen) atoms. The molecule has 0 spiro atoms. The molecule has 0 aliphatic carbocycles. The van der Waals surface area contributed by atoms with E-state index in [1.54, 1.807) is 18.3 Å². The van der Waals surface area contributed by atoms with Gasteiger partial charge in [0.15, 0.2) is 0 Å². The molecule has 0 atom stereocenters. The fourth-order valence-electron chi connectivity index (χ4n) is 3.62. The van der Waals surface area contributed by atoms with Crippen LogP contribution in [-0.4, -0.2) is 56.1 Å². The number of pyridine rings is 1. The minimum Gasteiger partial charge on any atom is -0.352 e. The van der Waals surface area contributed by atoms with Crippen LogP contribution in [0.25, 0.3) is 6.08 Å². The Hall–Kier alpha value is -3.81. The van der Waals surface area contributed by atoms with E-state index in [0.29, 0.717) is 44.6 Å². The fourth-order valence-corrected chi connectivity index (χ4v) is 3.62. The molecule has 8 heteroatoms. The number of aryl methyl sites for hydroxylation is 1. The molecule has 0 bridgehead atoms. The van der Waals surface area contributed by atoms with Gasteiger partial charge in [-0.3, -0.25) is 14.6 Å². The van der Waals surface area contributed by atoms with Crippen LogP contribution >= 0.6 is 0 Å². The standard InChI is InChI=1S/C24H26N6O2/c1-18-5-7-19(8-6-18)24(32)26-14-11-21-27-28-22-12-15-29(16-17-30(21)22)23(31)10-9-20-4-2-3-13-25-20/h2-10,13H,11-12,14-17H2,1H3,(H,26,32)/b10-9+. The largest absolute Gasteiger partial charge is 0.352 e. The molecule has 2 amide bonds. The number of rotatable bonds is 6. The summed E-state index contributed by atoms with van der Waals surface area (Å²) >= 11 is 0. The van der Waals surface area contributed by atoms with Gasteiger partial charge >= 0.3 is 0 Å². The van der Waals surface area contributed by atoms with Crippen LogP contribution in [0, 0.1) is 6.92 Å². The smallest absolute Gasteiger partial charge is 0.251 e. The van der Waals surface area contributed by atoms with E-state index in [0.717, 1.165) is 22.9 Å². The molecule has 0 saturated heterocycles. The van der Waals surface area contributed by atoms with Crippen molar-refractivity contribution in [2.75, 3.05) is 19.6 Å². The molecule has 2 aromatic heterocycles. The predicted octanol–water partition coefficient (Wildman–Crippen LogP) is 2.05. The highest BCUT2D eigenvalue weighted by atomic mass is 16.2. The maximum Gasteiger partial charge on any atom is 0.251 e. The number of carbonyl (C=O) groups excluding carboxylic acids is 2. The average Bonchev–Trinajstić information content (AvgIpc) is 3.07. The summed E-state index contributed by atoms with van der Waals surface area (Å²) in [5, 5.41) is 11.5. The van der Waals surface area contributed by atoms with Crippen molar-refractivity contribution in [3.8, 4) is 0 Å². The molecule has 0 saturated carbocycles. The summed E-state index contributed by atoms with van der Waals surface area (Å²) in [5.41, 5.74) is 2.51. The van der Waals surface area contributed by atoms with Crippen LogP contribution in [0.2, 0.25) is 0 Å². The van der Waals surface area contributed by atoms with E-state index >= 15 is 0 Å². The van der Waals surface area contributed by atoms with Crippen LogP contribution in [0.1, 0.15) is 33.3 Å². The van der Waals surface area contributed by atoms with Gasteiger partial charge in [-0.1, -0.05) is 23.8 Å². The van der Waals surface area contributed by atoms with Crippen molar-refractivity contribution in [1.82, 2.24) is 30.0 Å². The Morgan fingerprint density at radius 3 is 2.69 bits per heavy atom. The zero-order valence-electron chi connectivity index (χ0n) is 18.1. The number of carbonyl (C=O) groups is 2. The third-order valence-electron chi connectivity index (χ3n) is 5.45. The quantitative estimate of drug-likeness (QED) is 0.604. The summed E-state index contributed by atoms with van der Waals surface area (Å²) in [5.74, 6) is 1.55. The van der Waals surface area contributed by atoms with Crippen LogP contribution in [0.5, 0.6) is 0 Å². The molecule has 4 rings (SSSR count). The molecule has 0 unspecified atom stereocenters. The fraction of sp³-hybridized carbons (Fsp3) is 0.292. The number of benzene rings is 1. The third-order valence-corrected chi connectivity index (χ3v) is 5.45. The molecule has 1 aromatic carbocycles. The van der Waals surface area contributed by atoms with E-state index in [1.807, 2.05) is 54.3 Å². The third kappa shape index (κ3) is 5.26. The molecule has 0 fully saturated rings. The van der Waals surface area contributed by atoms with Crippen molar-refractivity contribution in [2.24, 2.45) is 0 Å². The van der Waals surface area contributed by atoms with Crippen LogP contribution in [0.4, 0.5) is 0 Å². The Bertz CT molecular complexity index is 1110. The summed E-state index contributed by atoms with van der Waals surface area (Å²) in [6.07, 6.45) is 6.22. The van der Waals surface area contributed by atoms with Crippen molar-refractivity contribution in [2.45, 2.75) is 26.3 Å². The van der Waals surface area contributed by atoms with Gasteiger partial charge in [-0.05, 0) is 37.3 Å². The molecule has 0 radical (unpaired) electrons. The molecular weight excluding hydrogens is 404 g/mol. The number of hydrogen-bond acceptors (Lipinski definition) is 5. The van der Waals surface area contributed by atoms with E-state index < -0.39 is 0 Å². The van der Waals surface area contributed by atoms with Gasteiger partial charge in [0.25, 0.3) is 5.91 Å². The summed E-state index contributed by atoms with van der Waals surface area (Å²) in [6.45, 7) is 4.27. The number of hydrogen-bond donors (Lipinski definition) is 1. The van der Waals surface area contributed by atoms with Crippen LogP contribution in [0.3, 0.4) is 0 Å². The molecular formula is C24H26N6O2. The summed E-state index contributed by atoms with van der Waals surface area (Å²) in [4.78, 5) is 30.9. The molecule has 3 aromatic rings. The first-order valence-corrected chi connectivity index (χ1v) is 10.7. The normalized spacial score (nSPS) is 13.6. The SMILES string of the molecule is Cc1ccc(C(=O)NCCc2nnc3n2CCN(C(=O)/C=C/c2ccccn2)CC3)cc1. The highest BCUT2D eigenvalue weighted by molar-refractivity contribution is 5.94. The lowest BCUT2D eigenvalue weighted by molar-refractivity contribution is -0.125. The van der Waals surface area contributed by atoms with E-state index in [2.05, 4.69) is 25.1 Å². The first-order chi connectivity index (χ1) is 15.6. The molecule has 3 heterocycles. The highest BCUT2D eigenvalue weighted by Gasteiger charge is 2.20. The molecule has 164 valence electrons. The van der Waals surface area contributed by atoms with Crippen LogP contribution in [0.15, 0.2) is 54.7 Å². The van der Waals surface area contributed by atoms with Gasteiger partial charge in [0.2, 0.25) is 5.91 Å². The second kappa shape index (κ2) is 10.00. The van der Waals surface area contributed by atoms with Crippen molar-refractivity contribution in [3.63, 3.8) is 0 Å². The average molecular weight is 431 g/mol. The molecule has 8 nitrogen and oxygen atoms in total. The predicted molar refractivity (Wildman–Crippen MR) is 121 cm³/mol. The summed E-state index contributed by atoms with van der Waals surface area (Å²) < 4.78 is 2.06. The van der Waals surface area contributed by atoms with E-state index in [4.69, 9.17) is 0 Å². The second-order valence-electron chi connectivity index (χ2n) is 7.72. The summed E-state index contributed by atoms with van der Waals surface area (Å²) in [6, 6.07) is 13.1.